The third-order valence-electron chi connectivity index (χ3n) is 14.1. The molecule has 0 N–H and O–H groups in total. The van der Waals surface area contributed by atoms with Gasteiger partial charge in [0.2, 0.25) is 0 Å². The summed E-state index contributed by atoms with van der Waals surface area (Å²) in [5, 5.41) is 0. The maximum atomic E-state index is 12.8. The Morgan fingerprint density at radius 1 is 0.239 bits per heavy atom. The van der Waals surface area contributed by atoms with Crippen molar-refractivity contribution in [1.82, 2.24) is 0 Å². The number of carbonyl (C=O) groups excluding carboxylic acids is 3. The van der Waals surface area contributed by atoms with Crippen molar-refractivity contribution >= 4 is 17.9 Å². The fraction of sp³-hybridized carbons (Fsp3) is 0.951. The predicted octanol–water partition coefficient (Wildman–Crippen LogP) is 20.3. The molecule has 0 spiro atoms. The molecule has 0 heterocycles. The fourth-order valence-electron chi connectivity index (χ4n) is 9.51. The molecule has 67 heavy (non-hydrogen) atoms. The van der Waals surface area contributed by atoms with Crippen molar-refractivity contribution in [3.63, 3.8) is 0 Å². The minimum absolute atomic E-state index is 0.0610. The Kier molecular flexibility index (Phi) is 55.6. The summed E-state index contributed by atoms with van der Waals surface area (Å²) >= 11 is 0. The van der Waals surface area contributed by atoms with Crippen LogP contribution in [0, 0.1) is 0 Å². The van der Waals surface area contributed by atoms with Crippen LogP contribution < -0.4 is 0 Å². The third kappa shape index (κ3) is 55.2. The molecule has 0 aromatic heterocycles. The number of hydrogen-bond acceptors (Lipinski definition) is 6. The Morgan fingerprint density at radius 2 is 0.403 bits per heavy atom. The van der Waals surface area contributed by atoms with Gasteiger partial charge >= 0.3 is 17.9 Å². The first-order valence-electron chi connectivity index (χ1n) is 30.5. The van der Waals surface area contributed by atoms with Crippen LogP contribution in [0.4, 0.5) is 0 Å². The lowest BCUT2D eigenvalue weighted by atomic mass is 10.0. The van der Waals surface area contributed by atoms with Crippen molar-refractivity contribution in [2.45, 2.75) is 361 Å². The first-order valence-corrected chi connectivity index (χ1v) is 30.5. The molecule has 0 aromatic rings. The van der Waals surface area contributed by atoms with Crippen LogP contribution in [0.15, 0.2) is 0 Å². The summed E-state index contributed by atoms with van der Waals surface area (Å²) in [5.41, 5.74) is 0. The molecule has 0 aliphatic carbocycles. The molecule has 6 nitrogen and oxygen atoms in total. The molecule has 398 valence electrons. The lowest BCUT2D eigenvalue weighted by Crippen LogP contribution is -2.30. The fourth-order valence-corrected chi connectivity index (χ4v) is 9.51. The quantitative estimate of drug-likeness (QED) is 0.0343. The summed E-state index contributed by atoms with van der Waals surface area (Å²) in [6.45, 7) is 6.71. The van der Waals surface area contributed by atoms with Crippen LogP contribution in [0.3, 0.4) is 0 Å². The van der Waals surface area contributed by atoms with E-state index < -0.39 is 6.10 Å². The van der Waals surface area contributed by atoms with Gasteiger partial charge in [-0.05, 0) is 19.3 Å². The second kappa shape index (κ2) is 57.0. The molecule has 0 aliphatic heterocycles. The molecule has 0 bridgehead atoms. The van der Waals surface area contributed by atoms with Gasteiger partial charge in [0.25, 0.3) is 0 Å². The van der Waals surface area contributed by atoms with E-state index in [4.69, 9.17) is 14.2 Å². The van der Waals surface area contributed by atoms with Crippen molar-refractivity contribution in [3.8, 4) is 0 Å². The molecule has 0 fully saturated rings. The van der Waals surface area contributed by atoms with E-state index >= 15 is 0 Å². The van der Waals surface area contributed by atoms with Gasteiger partial charge in [0.1, 0.15) is 13.2 Å². The van der Waals surface area contributed by atoms with Crippen LogP contribution >= 0.6 is 0 Å². The largest absolute Gasteiger partial charge is 0.462 e. The van der Waals surface area contributed by atoms with E-state index in [-0.39, 0.29) is 31.1 Å². The predicted molar refractivity (Wildman–Crippen MR) is 289 cm³/mol. The maximum absolute atomic E-state index is 12.8. The van der Waals surface area contributed by atoms with Crippen LogP contribution in [0.2, 0.25) is 0 Å². The van der Waals surface area contributed by atoms with E-state index in [1.807, 2.05) is 0 Å². The van der Waals surface area contributed by atoms with E-state index in [2.05, 4.69) is 20.8 Å². The van der Waals surface area contributed by atoms with Gasteiger partial charge in [-0.3, -0.25) is 14.4 Å². The van der Waals surface area contributed by atoms with Crippen molar-refractivity contribution in [2.24, 2.45) is 0 Å². The summed E-state index contributed by atoms with van der Waals surface area (Å²) in [6, 6.07) is 0. The van der Waals surface area contributed by atoms with Gasteiger partial charge in [-0.1, -0.05) is 316 Å². The van der Waals surface area contributed by atoms with E-state index in [1.54, 1.807) is 0 Å². The number of unbranched alkanes of at least 4 members (excludes halogenated alkanes) is 46. The number of rotatable bonds is 57. The van der Waals surface area contributed by atoms with Crippen LogP contribution in [0.1, 0.15) is 355 Å². The van der Waals surface area contributed by atoms with E-state index in [9.17, 15) is 14.4 Å². The lowest BCUT2D eigenvalue weighted by molar-refractivity contribution is -0.167. The molecule has 0 amide bonds. The molecule has 0 radical (unpaired) electrons. The van der Waals surface area contributed by atoms with Crippen molar-refractivity contribution in [2.75, 3.05) is 13.2 Å². The monoisotopic (exact) mass is 947 g/mol. The first-order chi connectivity index (χ1) is 33.0. The molecular formula is C61H118O6. The van der Waals surface area contributed by atoms with Gasteiger partial charge in [-0.25, -0.2) is 0 Å². The lowest BCUT2D eigenvalue weighted by Gasteiger charge is -2.18. The highest BCUT2D eigenvalue weighted by atomic mass is 16.6. The average molecular weight is 948 g/mol. The van der Waals surface area contributed by atoms with Gasteiger partial charge in [-0.15, -0.1) is 0 Å². The molecule has 0 rings (SSSR count). The molecule has 6 heteroatoms. The summed E-state index contributed by atoms with van der Waals surface area (Å²) in [6.07, 6.45) is 63.9. The average Bonchev–Trinajstić information content (AvgIpc) is 3.33. The van der Waals surface area contributed by atoms with Gasteiger partial charge < -0.3 is 14.2 Å². The highest BCUT2D eigenvalue weighted by molar-refractivity contribution is 5.71. The van der Waals surface area contributed by atoms with Crippen LogP contribution in [0.5, 0.6) is 0 Å². The normalized spacial score (nSPS) is 11.9. The van der Waals surface area contributed by atoms with E-state index in [1.165, 1.54) is 257 Å². The van der Waals surface area contributed by atoms with Crippen molar-refractivity contribution in [3.05, 3.63) is 0 Å². The number of ether oxygens (including phenoxy) is 3. The zero-order chi connectivity index (χ0) is 48.6. The zero-order valence-corrected chi connectivity index (χ0v) is 45.7. The summed E-state index contributed by atoms with van der Waals surface area (Å²) in [7, 11) is 0. The Hall–Kier alpha value is -1.59. The van der Waals surface area contributed by atoms with E-state index in [0.717, 1.165) is 57.8 Å². The van der Waals surface area contributed by atoms with Crippen molar-refractivity contribution in [1.29, 1.82) is 0 Å². The molecule has 0 saturated heterocycles. The van der Waals surface area contributed by atoms with Crippen LogP contribution in [0.25, 0.3) is 0 Å². The Bertz CT molecular complexity index is 998. The summed E-state index contributed by atoms with van der Waals surface area (Å²) in [4.78, 5) is 38.1. The summed E-state index contributed by atoms with van der Waals surface area (Å²) < 4.78 is 16.9. The van der Waals surface area contributed by atoms with E-state index in [0.29, 0.717) is 19.3 Å². The van der Waals surface area contributed by atoms with Crippen LogP contribution in [-0.2, 0) is 28.6 Å². The topological polar surface area (TPSA) is 78.9 Å². The number of hydrogen-bond donors (Lipinski definition) is 0. The smallest absolute Gasteiger partial charge is 0.306 e. The first kappa shape index (κ1) is 65.4. The SMILES string of the molecule is CCCCCCCCCCCCCCCCCCCCCCCC(=O)OCC(COC(=O)CCCCCCCCCCCCCCCCCCC)OC(=O)CCCCCCCCCCCCC. The third-order valence-corrected chi connectivity index (χ3v) is 14.1. The molecule has 1 atom stereocenters. The second-order valence-corrected chi connectivity index (χ2v) is 21.0. The minimum atomic E-state index is -0.761. The Labute approximate surface area is 418 Å². The van der Waals surface area contributed by atoms with Gasteiger partial charge in [-0.2, -0.15) is 0 Å². The Balaban J connectivity index is 4.19. The molecule has 0 aromatic carbocycles. The van der Waals surface area contributed by atoms with Crippen LogP contribution in [-0.4, -0.2) is 37.2 Å². The highest BCUT2D eigenvalue weighted by Crippen LogP contribution is 2.18. The molecular weight excluding hydrogens is 829 g/mol. The summed E-state index contributed by atoms with van der Waals surface area (Å²) in [5.74, 6) is -0.831. The Morgan fingerprint density at radius 3 is 0.597 bits per heavy atom. The number of carbonyl (C=O) groups is 3. The van der Waals surface area contributed by atoms with Crippen molar-refractivity contribution < 1.29 is 28.6 Å². The van der Waals surface area contributed by atoms with Gasteiger partial charge in [0.05, 0.1) is 0 Å². The maximum Gasteiger partial charge on any atom is 0.306 e. The highest BCUT2D eigenvalue weighted by Gasteiger charge is 2.19. The molecule has 0 saturated carbocycles. The minimum Gasteiger partial charge on any atom is -0.462 e. The zero-order valence-electron chi connectivity index (χ0n) is 45.7. The van der Waals surface area contributed by atoms with Gasteiger partial charge in [0, 0.05) is 19.3 Å². The standard InChI is InChI=1S/C61H118O6/c1-4-7-10-13-16-19-22-24-26-28-29-30-31-33-35-37-40-42-45-48-51-54-60(63)66-57-58(67-61(64)55-52-49-46-43-38-21-18-15-12-9-6-3)56-65-59(62)53-50-47-44-41-39-36-34-32-27-25-23-20-17-14-11-8-5-2/h58H,4-57H2,1-3H3. The molecule has 1 unspecified atom stereocenters. The second-order valence-electron chi connectivity index (χ2n) is 21.0. The number of esters is 3. The van der Waals surface area contributed by atoms with Gasteiger partial charge in [0.15, 0.2) is 6.10 Å². The molecule has 0 aliphatic rings.